The largest absolute Gasteiger partial charge is 0.399 e. The Bertz CT molecular complexity index is 920. The summed E-state index contributed by atoms with van der Waals surface area (Å²) >= 11 is 0. The van der Waals surface area contributed by atoms with Crippen LogP contribution in [-0.4, -0.2) is 9.97 Å². The van der Waals surface area contributed by atoms with E-state index in [1.54, 1.807) is 0 Å². The van der Waals surface area contributed by atoms with E-state index in [0.717, 1.165) is 28.3 Å². The van der Waals surface area contributed by atoms with E-state index >= 15 is 0 Å². The molecule has 26 heavy (non-hydrogen) atoms. The smallest absolute Gasteiger partial charge is 0.162 e. The summed E-state index contributed by atoms with van der Waals surface area (Å²) in [7, 11) is 0. The topological polar surface area (TPSA) is 78.5 Å². The number of benzene rings is 2. The van der Waals surface area contributed by atoms with Gasteiger partial charge in [-0.15, -0.1) is 0 Å². The Morgan fingerprint density at radius 2 is 1.54 bits per heavy atom. The van der Waals surface area contributed by atoms with Crippen molar-refractivity contribution >= 4 is 5.69 Å². The van der Waals surface area contributed by atoms with Crippen molar-refractivity contribution in [2.24, 2.45) is 0 Å². The van der Waals surface area contributed by atoms with Crippen LogP contribution in [0.4, 0.5) is 5.69 Å². The van der Waals surface area contributed by atoms with Crippen LogP contribution < -0.4 is 5.73 Å². The third-order valence-corrected chi connectivity index (χ3v) is 4.49. The highest BCUT2D eigenvalue weighted by Gasteiger charge is 2.14. The van der Waals surface area contributed by atoms with Gasteiger partial charge in [0, 0.05) is 18.5 Å². The number of imidazole rings is 1. The molecule has 1 heterocycles. The van der Waals surface area contributed by atoms with Gasteiger partial charge in [0.2, 0.25) is 0 Å². The number of H-pyrrole nitrogens is 1. The summed E-state index contributed by atoms with van der Waals surface area (Å²) in [4.78, 5) is 7.78. The maximum Gasteiger partial charge on any atom is 0.162 e. The number of nitrogens with one attached hydrogen (secondary N) is 1. The van der Waals surface area contributed by atoms with Crippen molar-refractivity contribution in [1.82, 2.24) is 9.97 Å². The third-order valence-electron chi connectivity index (χ3n) is 4.49. The lowest BCUT2D eigenvalue weighted by Crippen LogP contribution is -2.10. The van der Waals surface area contributed by atoms with E-state index in [4.69, 9.17) is 5.73 Å². The summed E-state index contributed by atoms with van der Waals surface area (Å²) in [6.07, 6.45) is 1.32. The Morgan fingerprint density at radius 3 is 2.12 bits per heavy atom. The van der Waals surface area contributed by atoms with Crippen LogP contribution in [0.25, 0.3) is 0 Å². The number of aromatic amines is 1. The predicted octanol–water partition coefficient (Wildman–Crippen LogP) is 4.34. The van der Waals surface area contributed by atoms with E-state index in [1.165, 1.54) is 5.56 Å². The molecule has 0 radical (unpaired) electrons. The van der Waals surface area contributed by atoms with Crippen molar-refractivity contribution < 1.29 is 0 Å². The Kier molecular flexibility index (Phi) is 4.81. The first kappa shape index (κ1) is 17.8. The molecule has 0 unspecified atom stereocenters. The van der Waals surface area contributed by atoms with Gasteiger partial charge in [-0.3, -0.25) is 0 Å². The van der Waals surface area contributed by atoms with Crippen LogP contribution in [0.2, 0.25) is 0 Å². The lowest BCUT2D eigenvalue weighted by Gasteiger charge is -2.19. The van der Waals surface area contributed by atoms with Crippen molar-refractivity contribution in [2.45, 2.75) is 39.0 Å². The number of aromatic nitrogens is 2. The predicted molar refractivity (Wildman–Crippen MR) is 105 cm³/mol. The monoisotopic (exact) mass is 344 g/mol. The molecule has 0 spiro atoms. The van der Waals surface area contributed by atoms with Crippen LogP contribution in [0.3, 0.4) is 0 Å². The normalized spacial score (nSPS) is 11.3. The van der Waals surface area contributed by atoms with Crippen LogP contribution in [0.1, 0.15) is 54.7 Å². The fourth-order valence-electron chi connectivity index (χ4n) is 2.92. The molecule has 132 valence electrons. The summed E-state index contributed by atoms with van der Waals surface area (Å²) < 4.78 is 0. The van der Waals surface area contributed by atoms with Crippen LogP contribution in [0, 0.1) is 11.3 Å². The number of nitrogen functional groups attached to an aromatic ring is 1. The molecule has 3 aromatic rings. The van der Waals surface area contributed by atoms with Gasteiger partial charge in [-0.1, -0.05) is 57.2 Å². The minimum absolute atomic E-state index is 0.135. The quantitative estimate of drug-likeness (QED) is 0.691. The molecule has 4 nitrogen and oxygen atoms in total. The van der Waals surface area contributed by atoms with Gasteiger partial charge in [0.1, 0.15) is 11.9 Å². The van der Waals surface area contributed by atoms with Crippen molar-refractivity contribution in [2.75, 3.05) is 5.73 Å². The second kappa shape index (κ2) is 7.05. The highest BCUT2D eigenvalue weighted by atomic mass is 14.9. The molecule has 3 rings (SSSR count). The fraction of sp³-hybridized carbons (Fsp3) is 0.273. The zero-order valence-electron chi connectivity index (χ0n) is 15.5. The SMILES string of the molecule is CC(C)(C)c1ccc(Cc2[nH]c(Cc3ccc(N)cc3)nc2C#N)cc1. The van der Waals surface area contributed by atoms with Crippen molar-refractivity contribution in [1.29, 1.82) is 5.26 Å². The average molecular weight is 344 g/mol. The fourth-order valence-corrected chi connectivity index (χ4v) is 2.92. The second-order valence-electron chi connectivity index (χ2n) is 7.66. The van der Waals surface area contributed by atoms with Gasteiger partial charge < -0.3 is 10.7 Å². The Labute approximate surface area is 154 Å². The van der Waals surface area contributed by atoms with Crippen LogP contribution in [-0.2, 0) is 18.3 Å². The van der Waals surface area contributed by atoms with Crippen LogP contribution >= 0.6 is 0 Å². The van der Waals surface area contributed by atoms with E-state index in [9.17, 15) is 5.26 Å². The van der Waals surface area contributed by atoms with Gasteiger partial charge >= 0.3 is 0 Å². The molecule has 3 N–H and O–H groups in total. The molecular formula is C22H24N4. The molecule has 0 fully saturated rings. The number of nitrogens with two attached hydrogens (primary N) is 1. The van der Waals surface area contributed by atoms with Crippen molar-refractivity contribution in [3.8, 4) is 6.07 Å². The minimum Gasteiger partial charge on any atom is -0.399 e. The highest BCUT2D eigenvalue weighted by Crippen LogP contribution is 2.23. The molecule has 0 amide bonds. The van der Waals surface area contributed by atoms with E-state index in [2.05, 4.69) is 61.1 Å². The zero-order valence-corrected chi connectivity index (χ0v) is 15.5. The second-order valence-corrected chi connectivity index (χ2v) is 7.66. The highest BCUT2D eigenvalue weighted by molar-refractivity contribution is 5.40. The lowest BCUT2D eigenvalue weighted by molar-refractivity contribution is 0.590. The van der Waals surface area contributed by atoms with E-state index in [0.29, 0.717) is 18.5 Å². The molecule has 0 aliphatic rings. The van der Waals surface area contributed by atoms with Crippen molar-refractivity contribution in [3.63, 3.8) is 0 Å². The first-order chi connectivity index (χ1) is 12.3. The lowest BCUT2D eigenvalue weighted by atomic mass is 9.86. The molecule has 1 aromatic heterocycles. The third kappa shape index (κ3) is 4.12. The first-order valence-electron chi connectivity index (χ1n) is 8.77. The standard InChI is InChI=1S/C22H24N4/c1-22(2,3)17-8-4-15(5-9-17)12-19-20(14-23)26-21(25-19)13-16-6-10-18(24)11-7-16/h4-11H,12-13,24H2,1-3H3,(H,25,26). The van der Waals surface area contributed by atoms with Crippen molar-refractivity contribution in [3.05, 3.63) is 82.4 Å². The minimum atomic E-state index is 0.135. The number of nitrogens with zero attached hydrogens (tertiary/aromatic N) is 2. The number of hydrogen-bond acceptors (Lipinski definition) is 3. The number of nitriles is 1. The van der Waals surface area contributed by atoms with Gasteiger partial charge in [-0.05, 0) is 34.2 Å². The summed E-state index contributed by atoms with van der Waals surface area (Å²) in [6.45, 7) is 6.61. The van der Waals surface area contributed by atoms with Gasteiger partial charge in [0.25, 0.3) is 0 Å². The van der Waals surface area contributed by atoms with E-state index in [-0.39, 0.29) is 5.41 Å². The molecule has 0 aliphatic carbocycles. The summed E-state index contributed by atoms with van der Waals surface area (Å²) in [5.74, 6) is 0.799. The Hall–Kier alpha value is -3.06. The molecule has 0 saturated carbocycles. The number of anilines is 1. The average Bonchev–Trinajstić information content (AvgIpc) is 2.98. The van der Waals surface area contributed by atoms with Gasteiger partial charge in [-0.25, -0.2) is 4.98 Å². The maximum absolute atomic E-state index is 9.41. The first-order valence-corrected chi connectivity index (χ1v) is 8.77. The zero-order chi connectivity index (χ0) is 18.7. The molecule has 0 aliphatic heterocycles. The molecule has 0 bridgehead atoms. The van der Waals surface area contributed by atoms with E-state index < -0.39 is 0 Å². The molecule has 2 aromatic carbocycles. The maximum atomic E-state index is 9.41. The van der Waals surface area contributed by atoms with Gasteiger partial charge in [-0.2, -0.15) is 5.26 Å². The Balaban J connectivity index is 1.78. The van der Waals surface area contributed by atoms with Crippen LogP contribution in [0.15, 0.2) is 48.5 Å². The molecule has 0 saturated heterocycles. The molecule has 0 atom stereocenters. The summed E-state index contributed by atoms with van der Waals surface area (Å²) in [6, 6.07) is 18.5. The molecular weight excluding hydrogens is 320 g/mol. The van der Waals surface area contributed by atoms with Gasteiger partial charge in [0.15, 0.2) is 5.69 Å². The van der Waals surface area contributed by atoms with Gasteiger partial charge in [0.05, 0.1) is 5.69 Å². The number of hydrogen-bond donors (Lipinski definition) is 2. The Morgan fingerprint density at radius 1 is 0.962 bits per heavy atom. The van der Waals surface area contributed by atoms with Crippen LogP contribution in [0.5, 0.6) is 0 Å². The molecule has 4 heteroatoms. The van der Waals surface area contributed by atoms with E-state index in [1.807, 2.05) is 24.3 Å². The summed E-state index contributed by atoms with van der Waals surface area (Å²) in [5, 5.41) is 9.41. The summed E-state index contributed by atoms with van der Waals surface area (Å²) in [5.41, 5.74) is 11.5. The number of rotatable bonds is 4.